The quantitative estimate of drug-likeness (QED) is 0.265. The van der Waals surface area contributed by atoms with E-state index in [0.29, 0.717) is 6.42 Å². The molecule has 0 bridgehead atoms. The zero-order valence-electron chi connectivity index (χ0n) is 22.9. The Morgan fingerprint density at radius 3 is 1.47 bits per heavy atom. The van der Waals surface area contributed by atoms with Crippen LogP contribution in [0.15, 0.2) is 24.3 Å². The maximum absolute atomic E-state index is 11.2. The summed E-state index contributed by atoms with van der Waals surface area (Å²) in [6, 6.07) is 8.57. The summed E-state index contributed by atoms with van der Waals surface area (Å²) >= 11 is 0. The molecule has 6 nitrogen and oxygen atoms in total. The maximum atomic E-state index is 11.2. The van der Waals surface area contributed by atoms with Crippen LogP contribution < -0.4 is 0 Å². The Morgan fingerprint density at radius 1 is 0.611 bits per heavy atom. The molecule has 6 N–H and O–H groups in total. The van der Waals surface area contributed by atoms with Crippen molar-refractivity contribution in [2.24, 2.45) is 11.8 Å². The highest BCUT2D eigenvalue weighted by atomic mass is 16.4. The van der Waals surface area contributed by atoms with E-state index in [1.54, 1.807) is 0 Å². The normalized spacial score (nSPS) is 17.8. The molecule has 0 amide bonds. The fraction of sp³-hybridized carbons (Fsp3) is 0.600. The molecular formula is C30H46O6. The van der Waals surface area contributed by atoms with Crippen LogP contribution in [-0.2, 0) is 12.8 Å². The fourth-order valence-electron chi connectivity index (χ4n) is 5.04. The smallest absolute Gasteiger partial charge is 0.111 e. The molecule has 0 aliphatic rings. The lowest BCUT2D eigenvalue weighted by atomic mass is 9.77. The summed E-state index contributed by atoms with van der Waals surface area (Å²) in [6.07, 6.45) is -6.18. The average molecular weight is 503 g/mol. The number of aryl methyl sites for hydroxylation is 5. The molecule has 3 unspecified atom stereocenters. The average Bonchev–Trinajstić information content (AvgIpc) is 2.84. The summed E-state index contributed by atoms with van der Waals surface area (Å²) in [7, 11) is 0. The summed E-state index contributed by atoms with van der Waals surface area (Å²) < 4.78 is 0. The lowest BCUT2D eigenvalue weighted by Crippen LogP contribution is -2.52. The third-order valence-corrected chi connectivity index (χ3v) is 8.13. The molecule has 0 saturated heterocycles. The van der Waals surface area contributed by atoms with E-state index in [9.17, 15) is 25.5 Å². The molecule has 2 aromatic rings. The zero-order valence-corrected chi connectivity index (χ0v) is 22.9. The minimum absolute atomic E-state index is 0.0226. The van der Waals surface area contributed by atoms with Crippen LogP contribution in [-0.4, -0.2) is 67.8 Å². The molecule has 2 rings (SSSR count). The second kappa shape index (κ2) is 13.1. The highest BCUT2D eigenvalue weighted by Gasteiger charge is 2.39. The van der Waals surface area contributed by atoms with Crippen LogP contribution in [0.3, 0.4) is 0 Å². The van der Waals surface area contributed by atoms with Gasteiger partial charge in [-0.3, -0.25) is 0 Å². The molecule has 2 aromatic carbocycles. The van der Waals surface area contributed by atoms with Gasteiger partial charge >= 0.3 is 0 Å². The fourth-order valence-corrected chi connectivity index (χ4v) is 5.04. The van der Waals surface area contributed by atoms with Gasteiger partial charge in [0.05, 0.1) is 12.7 Å². The van der Waals surface area contributed by atoms with E-state index in [1.165, 1.54) is 27.8 Å². The number of aliphatic hydroxyl groups is 6. The van der Waals surface area contributed by atoms with Crippen LogP contribution in [0.25, 0.3) is 0 Å². The molecule has 202 valence electrons. The number of benzene rings is 2. The highest BCUT2D eigenvalue weighted by molar-refractivity contribution is 5.38. The Balaban J connectivity index is 2.31. The number of rotatable bonds is 12. The van der Waals surface area contributed by atoms with Crippen LogP contribution in [0.5, 0.6) is 0 Å². The molecular weight excluding hydrogens is 456 g/mol. The third-order valence-electron chi connectivity index (χ3n) is 8.13. The van der Waals surface area contributed by atoms with E-state index >= 15 is 0 Å². The van der Waals surface area contributed by atoms with Crippen LogP contribution in [0.4, 0.5) is 0 Å². The van der Waals surface area contributed by atoms with Gasteiger partial charge < -0.3 is 30.6 Å². The van der Waals surface area contributed by atoms with E-state index in [4.69, 9.17) is 5.11 Å². The van der Waals surface area contributed by atoms with Gasteiger partial charge in [0.2, 0.25) is 0 Å². The topological polar surface area (TPSA) is 121 Å². The van der Waals surface area contributed by atoms with Gasteiger partial charge in [-0.2, -0.15) is 0 Å². The van der Waals surface area contributed by atoms with Gasteiger partial charge in [0.15, 0.2) is 0 Å². The van der Waals surface area contributed by atoms with E-state index in [-0.39, 0.29) is 5.92 Å². The Morgan fingerprint density at radius 2 is 1.03 bits per heavy atom. The third kappa shape index (κ3) is 7.37. The summed E-state index contributed by atoms with van der Waals surface area (Å²) in [5, 5.41) is 61.4. The Kier molecular flexibility index (Phi) is 11.1. The van der Waals surface area contributed by atoms with Crippen molar-refractivity contribution >= 4 is 0 Å². The first kappa shape index (κ1) is 30.4. The minimum Gasteiger partial charge on any atom is -0.394 e. The van der Waals surface area contributed by atoms with Crippen LogP contribution in [0.2, 0.25) is 0 Å². The summed E-state index contributed by atoms with van der Waals surface area (Å²) in [5.41, 5.74) is 9.55. The van der Waals surface area contributed by atoms with Gasteiger partial charge in [-0.15, -0.1) is 0 Å². The second-order valence-electron chi connectivity index (χ2n) is 10.8. The maximum Gasteiger partial charge on any atom is 0.111 e. The van der Waals surface area contributed by atoms with Crippen molar-refractivity contribution in [1.29, 1.82) is 0 Å². The van der Waals surface area contributed by atoms with Gasteiger partial charge in [0.25, 0.3) is 0 Å². The summed E-state index contributed by atoms with van der Waals surface area (Å²) in [6.45, 7) is 13.8. The van der Waals surface area contributed by atoms with Crippen molar-refractivity contribution in [2.75, 3.05) is 6.61 Å². The molecule has 0 saturated carbocycles. The van der Waals surface area contributed by atoms with Crippen molar-refractivity contribution in [3.63, 3.8) is 0 Å². The van der Waals surface area contributed by atoms with Gasteiger partial charge in [-0.25, -0.2) is 0 Å². The summed E-state index contributed by atoms with van der Waals surface area (Å²) in [4.78, 5) is 0. The Hall–Kier alpha value is -1.80. The molecule has 0 radical (unpaired) electrons. The first-order valence-electron chi connectivity index (χ1n) is 12.9. The van der Waals surface area contributed by atoms with Gasteiger partial charge in [0, 0.05) is 0 Å². The molecule has 6 heteroatoms. The van der Waals surface area contributed by atoms with Crippen molar-refractivity contribution in [1.82, 2.24) is 0 Å². The number of hydrogen-bond acceptors (Lipinski definition) is 6. The van der Waals surface area contributed by atoms with Crippen LogP contribution >= 0.6 is 0 Å². The van der Waals surface area contributed by atoms with E-state index < -0.39 is 43.0 Å². The van der Waals surface area contributed by atoms with E-state index in [0.717, 1.165) is 29.5 Å². The summed E-state index contributed by atoms with van der Waals surface area (Å²) in [5.74, 6) is -0.437. The van der Waals surface area contributed by atoms with Crippen LogP contribution in [0.1, 0.15) is 57.9 Å². The van der Waals surface area contributed by atoms with Crippen molar-refractivity contribution in [2.45, 2.75) is 98.2 Å². The van der Waals surface area contributed by atoms with Gasteiger partial charge in [-0.1, -0.05) is 31.2 Å². The second-order valence-corrected chi connectivity index (χ2v) is 10.8. The SMILES string of the molecule is Cc1cc(CCC(C)C(Cc2cc(C)c(C)c(C)c2)C(O)[C@@H](O)[C@@H](O)[C@H](O)[C@@H](O)CO)cc(C)c1C. The largest absolute Gasteiger partial charge is 0.394 e. The first-order chi connectivity index (χ1) is 16.8. The van der Waals surface area contributed by atoms with E-state index in [1.807, 2.05) is 20.8 Å². The van der Waals surface area contributed by atoms with Crippen molar-refractivity contribution in [3.05, 3.63) is 68.8 Å². The van der Waals surface area contributed by atoms with Crippen LogP contribution in [0, 0.1) is 53.4 Å². The van der Waals surface area contributed by atoms with Gasteiger partial charge in [0.1, 0.15) is 24.4 Å². The lowest BCUT2D eigenvalue weighted by Gasteiger charge is -2.35. The highest BCUT2D eigenvalue weighted by Crippen LogP contribution is 2.30. The number of aliphatic hydroxyl groups excluding tert-OH is 6. The molecule has 0 spiro atoms. The molecule has 0 aromatic heterocycles. The predicted octanol–water partition coefficient (Wildman–Crippen LogP) is 2.76. The molecule has 0 aliphatic heterocycles. The molecule has 0 fully saturated rings. The lowest BCUT2D eigenvalue weighted by molar-refractivity contribution is -0.152. The standard InChI is InChI=1S/C30H46O6/c1-16(8-9-23-10-17(2)21(6)18(3)11-23)25(14-24-12-19(4)22(7)20(5)13-24)27(33)29(35)30(36)28(34)26(32)15-31/h10-13,16,25-36H,8-9,14-15H2,1-7H3/t16?,25?,26-,27?,28+,29+,30-/m0/s1. The molecule has 0 aliphatic carbocycles. The molecule has 36 heavy (non-hydrogen) atoms. The Labute approximate surface area is 216 Å². The molecule has 7 atom stereocenters. The molecule has 0 heterocycles. The minimum atomic E-state index is -1.80. The van der Waals surface area contributed by atoms with Gasteiger partial charge in [-0.05, 0) is 117 Å². The number of hydrogen-bond donors (Lipinski definition) is 6. The first-order valence-corrected chi connectivity index (χ1v) is 12.9. The van der Waals surface area contributed by atoms with E-state index in [2.05, 4.69) is 52.0 Å². The zero-order chi connectivity index (χ0) is 27.3. The van der Waals surface area contributed by atoms with Crippen molar-refractivity contribution in [3.8, 4) is 0 Å². The Bertz CT molecular complexity index is 957. The van der Waals surface area contributed by atoms with Crippen molar-refractivity contribution < 1.29 is 30.6 Å². The predicted molar refractivity (Wildman–Crippen MR) is 143 cm³/mol. The monoisotopic (exact) mass is 502 g/mol.